The zero-order valence-corrected chi connectivity index (χ0v) is 91.7. The molecule has 150 heavy (non-hydrogen) atoms. The van der Waals surface area contributed by atoms with Crippen LogP contribution >= 0.6 is 0 Å². The Kier molecular flexibility index (Phi) is 60.9. The molecule has 0 saturated heterocycles. The SMILES string of the molecule is C.C.C.C.C.C.C.C.C.C=C(C)C(=C)OC(C)(C)c1ccc2ccccc2c1.C=C(C)C(=O)OC(C)(C)C.C=C(C)C(=O)OC(C)(C)C12CC3CC(CC(C3)C1)C2.C=C(C)C(=O)OC(C)(C)c1ccccc1.C=C(C)C(=O)OC1(C)C2CC3CC(C2)CC1C3.C=C(C)C(=O)OC1(CC)C2CC3CC(C2)CC1C3.C=C(C)C(=O)OC1(CC)CCCC1.C=C(C)C(=O)OC1(CC)CCCCC1.C=C(C)C(=O)OC1(CC)CCCCCCC1. The molecule has 0 spiro atoms. The van der Waals surface area contributed by atoms with Gasteiger partial charge in [0.05, 0.1) is 0 Å². The number of rotatable bonds is 25. The van der Waals surface area contributed by atoms with Gasteiger partial charge in [0.15, 0.2) is 0 Å². The van der Waals surface area contributed by atoms with E-state index in [0.29, 0.717) is 74.0 Å². The fraction of sp³-hybridized carbons (Fsp3) is 0.669. The number of allylic oxidation sites excluding steroid dienone is 1. The highest BCUT2D eigenvalue weighted by Gasteiger charge is 2.61. The molecule has 15 aliphatic carbocycles. The Bertz CT molecular complexity index is 4790. The first-order valence-electron chi connectivity index (χ1n) is 53.5. The molecule has 0 unspecified atom stereocenters. The molecule has 0 heterocycles. The molecule has 0 atom stereocenters. The summed E-state index contributed by atoms with van der Waals surface area (Å²) in [5.74, 6) is 7.40. The van der Waals surface area contributed by atoms with E-state index in [1.165, 1.54) is 178 Å². The van der Waals surface area contributed by atoms with Crippen LogP contribution in [0, 0.1) is 70.5 Å². The van der Waals surface area contributed by atoms with E-state index in [4.69, 9.17) is 42.6 Å². The van der Waals surface area contributed by atoms with Crippen molar-refractivity contribution in [1.29, 1.82) is 0 Å². The van der Waals surface area contributed by atoms with Crippen LogP contribution in [0.25, 0.3) is 10.8 Å². The largest absolute Gasteiger partial charge is 0.484 e. The molecule has 17 heteroatoms. The van der Waals surface area contributed by atoms with Crippen molar-refractivity contribution in [3.05, 3.63) is 206 Å². The van der Waals surface area contributed by atoms with Gasteiger partial charge in [-0.05, 0) is 436 Å². The maximum absolute atomic E-state index is 12.0. The summed E-state index contributed by atoms with van der Waals surface area (Å²) in [6.45, 7) is 80.5. The Morgan fingerprint density at radius 2 is 0.567 bits per heavy atom. The Morgan fingerprint density at radius 1 is 0.287 bits per heavy atom. The summed E-state index contributed by atoms with van der Waals surface area (Å²) < 4.78 is 50.6. The molecule has 15 aliphatic rings. The minimum atomic E-state index is -0.614. The molecule has 0 N–H and O–H groups in total. The molecule has 0 aliphatic heterocycles. The van der Waals surface area contributed by atoms with Gasteiger partial charge in [-0.15, -0.1) is 0 Å². The molecule has 0 radical (unpaired) electrons. The molecule has 0 amide bonds. The number of benzene rings is 3. The van der Waals surface area contributed by atoms with Crippen LogP contribution in [-0.2, 0) is 92.2 Å². The Balaban J connectivity index is -0.00000162. The monoisotopic (exact) mass is 2090 g/mol. The van der Waals surface area contributed by atoms with E-state index in [-0.39, 0.29) is 154 Å². The van der Waals surface area contributed by atoms with E-state index in [2.05, 4.69) is 145 Å². The molecule has 12 bridgehead atoms. The van der Waals surface area contributed by atoms with Crippen LogP contribution < -0.4 is 0 Å². The van der Waals surface area contributed by atoms with Crippen molar-refractivity contribution in [3.8, 4) is 0 Å². The van der Waals surface area contributed by atoms with Crippen LogP contribution in [0.2, 0.25) is 0 Å². The second kappa shape index (κ2) is 63.0. The molecule has 18 rings (SSSR count). The van der Waals surface area contributed by atoms with E-state index < -0.39 is 16.8 Å². The topological polar surface area (TPSA) is 220 Å². The first kappa shape index (κ1) is 145. The molecule has 3 aromatic carbocycles. The molecule has 854 valence electrons. The summed E-state index contributed by atoms with van der Waals surface area (Å²) in [6.07, 6.45) is 43.2. The lowest BCUT2D eigenvalue weighted by Crippen LogP contribution is -2.59. The highest BCUT2D eigenvalue weighted by Crippen LogP contribution is 2.66. The third-order valence-electron chi connectivity index (χ3n) is 32.8. The molecular formula is C133H220O17. The standard InChI is InChI=1S/C18H20O.C17H26O2.C16H24O2.C15H22O2.C14H24O2.C13H16O2.C12H20O2.C11H18O2.C8H14O2.9CH4/c1-13(2)14(3)19-18(4,5)17-11-10-15-8-6-7-9-16(15)12-17;1-11(2)15(18)19-16(3,4)17-8-12-5-13(9-17)7-14(6-12)10-17;1-4-16(18-15(17)10(2)3)13-6-11-5-12(8-13)9-14(16)7-11;1-9(2)14(16)17-15(3)12-5-10-4-11(7-12)8-13(15)6-10;1-4-14(16-13(15)12(2)3)10-8-6-5-7-9-11-14;1-10(2)12(14)15-13(3,4)11-8-6-5-7-9-11;1-4-12(8-6-5-7-9-12)14-11(13)10(2)3;1-4-11(7-5-6-8-11)13-10(12)9(2)3;1-6(2)7(9)10-8(3,4)5;;;;;;;;;/h6-12H,1,3H2,2,4-5H3;12-14H,1,5-10H2,2-4H3;11-14H,2,4-9H2,1,3H3;10-13H,1,4-8H2,2-3H3;2,4-11H2,1,3H3;5-9H,1H2,2-4H3;2,4-9H2,1,3H3;2,4-8H2,1,3H3;1H2,2-5H3;9*1H4. The van der Waals surface area contributed by atoms with E-state index in [9.17, 15) is 38.4 Å². The van der Waals surface area contributed by atoms with Gasteiger partial charge in [0.1, 0.15) is 56.2 Å². The van der Waals surface area contributed by atoms with Gasteiger partial charge in [-0.1, -0.05) is 253 Å². The van der Waals surface area contributed by atoms with Crippen LogP contribution in [0.15, 0.2) is 195 Å². The van der Waals surface area contributed by atoms with Crippen molar-refractivity contribution in [1.82, 2.24) is 0 Å². The van der Waals surface area contributed by atoms with E-state index in [0.717, 1.165) is 122 Å². The highest BCUT2D eigenvalue weighted by molar-refractivity contribution is 5.91. The fourth-order valence-corrected chi connectivity index (χ4v) is 24.7. The van der Waals surface area contributed by atoms with Gasteiger partial charge < -0.3 is 42.6 Å². The molecule has 15 fully saturated rings. The molecule has 0 aromatic heterocycles. The normalized spacial score (nSPS) is 24.9. The summed E-state index contributed by atoms with van der Waals surface area (Å²) in [5.41, 5.74) is 4.41. The summed E-state index contributed by atoms with van der Waals surface area (Å²) in [6, 6.07) is 24.4. The summed E-state index contributed by atoms with van der Waals surface area (Å²) in [4.78, 5) is 92.4. The van der Waals surface area contributed by atoms with Crippen LogP contribution in [0.1, 0.15) is 468 Å². The minimum Gasteiger partial charge on any atom is -0.484 e. The second-order valence-corrected chi connectivity index (χ2v) is 47.2. The van der Waals surface area contributed by atoms with Crippen molar-refractivity contribution in [2.45, 2.75) is 508 Å². The summed E-state index contributed by atoms with van der Waals surface area (Å²) in [5, 5.41) is 2.46. The van der Waals surface area contributed by atoms with Crippen LogP contribution in [0.3, 0.4) is 0 Å². The zero-order valence-electron chi connectivity index (χ0n) is 91.7. The smallest absolute Gasteiger partial charge is 0.333 e. The van der Waals surface area contributed by atoms with Gasteiger partial charge in [0.2, 0.25) is 0 Å². The molecule has 17 nitrogen and oxygen atoms in total. The minimum absolute atomic E-state index is 0. The average molecular weight is 2090 g/mol. The average Bonchev–Trinajstić information content (AvgIpc) is 0.729. The number of carbonyl (C=O) groups is 8. The first-order chi connectivity index (χ1) is 65.8. The summed E-state index contributed by atoms with van der Waals surface area (Å²) >= 11 is 0. The number of fused-ring (bicyclic) bond motifs is 1. The van der Waals surface area contributed by atoms with Crippen LogP contribution in [-0.4, -0.2) is 87.0 Å². The Labute approximate surface area is 917 Å². The second-order valence-electron chi connectivity index (χ2n) is 47.2. The molecule has 3 aromatic rings. The maximum atomic E-state index is 12.0. The Morgan fingerprint density at radius 3 is 0.887 bits per heavy atom. The number of ether oxygens (including phenoxy) is 9. The molecular weight excluding hydrogens is 1870 g/mol. The number of hydrogen-bond donors (Lipinski definition) is 0. The van der Waals surface area contributed by atoms with Gasteiger partial charge in [-0.3, -0.25) is 0 Å². The number of carbonyl (C=O) groups excluding carboxylic acids is 8. The lowest BCUT2D eigenvalue weighted by Gasteiger charge is -2.61. The van der Waals surface area contributed by atoms with Gasteiger partial charge in [-0.2, -0.15) is 0 Å². The maximum Gasteiger partial charge on any atom is 0.333 e. The fourth-order valence-electron chi connectivity index (χ4n) is 24.7. The quantitative estimate of drug-likeness (QED) is 0.0253. The number of esters is 8. The van der Waals surface area contributed by atoms with Gasteiger partial charge >= 0.3 is 47.8 Å². The third-order valence-corrected chi connectivity index (χ3v) is 32.8. The lowest BCUT2D eigenvalue weighted by atomic mass is 9.46. The van der Waals surface area contributed by atoms with E-state index in [1.807, 2.05) is 97.9 Å². The van der Waals surface area contributed by atoms with Crippen LogP contribution in [0.5, 0.6) is 0 Å². The van der Waals surface area contributed by atoms with Crippen molar-refractivity contribution in [2.75, 3.05) is 0 Å². The van der Waals surface area contributed by atoms with Gasteiger partial charge in [-0.25, -0.2) is 38.4 Å². The van der Waals surface area contributed by atoms with E-state index >= 15 is 0 Å². The predicted octanol–water partition coefficient (Wildman–Crippen LogP) is 37.0. The highest BCUT2D eigenvalue weighted by atomic mass is 16.6. The van der Waals surface area contributed by atoms with Crippen molar-refractivity contribution < 1.29 is 81.0 Å². The van der Waals surface area contributed by atoms with Crippen molar-refractivity contribution in [3.63, 3.8) is 0 Å². The van der Waals surface area contributed by atoms with E-state index in [1.54, 1.807) is 55.4 Å². The van der Waals surface area contributed by atoms with Crippen molar-refractivity contribution in [2.24, 2.45) is 70.5 Å². The molecule has 15 saturated carbocycles. The number of hydrogen-bond acceptors (Lipinski definition) is 17. The first-order valence-corrected chi connectivity index (χ1v) is 53.5. The third kappa shape index (κ3) is 40.6. The Hall–Kier alpha value is -9.12. The van der Waals surface area contributed by atoms with Crippen molar-refractivity contribution >= 4 is 58.5 Å². The lowest BCUT2D eigenvalue weighted by molar-refractivity contribution is -0.207. The summed E-state index contributed by atoms with van der Waals surface area (Å²) in [7, 11) is 0. The predicted molar refractivity (Wildman–Crippen MR) is 632 cm³/mol. The van der Waals surface area contributed by atoms with Gasteiger partial charge in [0, 0.05) is 50.0 Å². The zero-order chi connectivity index (χ0) is 105. The van der Waals surface area contributed by atoms with Gasteiger partial charge in [0.25, 0.3) is 0 Å². The van der Waals surface area contributed by atoms with Crippen LogP contribution in [0.4, 0.5) is 0 Å².